The average Bonchev–Trinajstić information content (AvgIpc) is 3.14. The first kappa shape index (κ1) is 13.6. The van der Waals surface area contributed by atoms with E-state index in [4.69, 9.17) is 0 Å². The Labute approximate surface area is 108 Å². The minimum Gasteiger partial charge on any atom is -0.313 e. The van der Waals surface area contributed by atoms with Gasteiger partial charge in [-0.3, -0.25) is 4.90 Å². The molecule has 1 atom stereocenters. The standard InChI is InChI=1S/C11H22N2O2S2/c1-2-17(14,15)11-9-16-8-7-13(11)6-5-12-10-3-4-10/h10-12H,2-9H2,1H3. The van der Waals surface area contributed by atoms with Crippen molar-refractivity contribution < 1.29 is 8.42 Å². The lowest BCUT2D eigenvalue weighted by Gasteiger charge is -2.34. The van der Waals surface area contributed by atoms with Gasteiger partial charge < -0.3 is 5.32 Å². The summed E-state index contributed by atoms with van der Waals surface area (Å²) in [6.07, 6.45) is 2.57. The van der Waals surface area contributed by atoms with Crippen LogP contribution in [0.15, 0.2) is 0 Å². The topological polar surface area (TPSA) is 49.4 Å². The van der Waals surface area contributed by atoms with Crippen LogP contribution in [-0.2, 0) is 9.84 Å². The van der Waals surface area contributed by atoms with Gasteiger partial charge in [0, 0.05) is 42.9 Å². The van der Waals surface area contributed by atoms with Gasteiger partial charge in [-0.05, 0) is 12.8 Å². The van der Waals surface area contributed by atoms with Crippen LogP contribution < -0.4 is 5.32 Å². The van der Waals surface area contributed by atoms with Crippen LogP contribution in [0.5, 0.6) is 0 Å². The zero-order valence-corrected chi connectivity index (χ0v) is 12.0. The Morgan fingerprint density at radius 3 is 2.82 bits per heavy atom. The molecule has 0 amide bonds. The van der Waals surface area contributed by atoms with Crippen molar-refractivity contribution in [3.63, 3.8) is 0 Å². The van der Waals surface area contributed by atoms with E-state index in [1.54, 1.807) is 18.7 Å². The van der Waals surface area contributed by atoms with Crippen molar-refractivity contribution in [2.45, 2.75) is 31.2 Å². The zero-order valence-electron chi connectivity index (χ0n) is 10.4. The van der Waals surface area contributed by atoms with E-state index in [9.17, 15) is 8.42 Å². The van der Waals surface area contributed by atoms with Crippen LogP contribution in [-0.4, -0.2) is 61.6 Å². The Kier molecular flexibility index (Phi) is 4.74. The van der Waals surface area contributed by atoms with E-state index in [0.717, 1.165) is 31.1 Å². The summed E-state index contributed by atoms with van der Waals surface area (Å²) in [6.45, 7) is 4.43. The summed E-state index contributed by atoms with van der Waals surface area (Å²) in [6, 6.07) is 0.704. The first-order chi connectivity index (χ1) is 8.13. The number of sulfone groups is 1. The van der Waals surface area contributed by atoms with Gasteiger partial charge in [0.05, 0.1) is 0 Å². The summed E-state index contributed by atoms with van der Waals surface area (Å²) >= 11 is 1.76. The molecule has 0 spiro atoms. The van der Waals surface area contributed by atoms with Crippen LogP contribution in [0.25, 0.3) is 0 Å². The molecular formula is C11H22N2O2S2. The molecule has 2 fully saturated rings. The highest BCUT2D eigenvalue weighted by atomic mass is 32.2. The number of thioether (sulfide) groups is 1. The van der Waals surface area contributed by atoms with Gasteiger partial charge in [-0.2, -0.15) is 11.8 Å². The fraction of sp³-hybridized carbons (Fsp3) is 1.00. The highest BCUT2D eigenvalue weighted by Gasteiger charge is 2.32. The normalized spacial score (nSPS) is 27.2. The van der Waals surface area contributed by atoms with Gasteiger partial charge >= 0.3 is 0 Å². The van der Waals surface area contributed by atoms with Crippen LogP contribution in [0.4, 0.5) is 0 Å². The van der Waals surface area contributed by atoms with E-state index < -0.39 is 9.84 Å². The SMILES string of the molecule is CCS(=O)(=O)C1CSCCN1CCNC1CC1. The maximum absolute atomic E-state index is 12.0. The Morgan fingerprint density at radius 1 is 1.41 bits per heavy atom. The lowest BCUT2D eigenvalue weighted by molar-refractivity contribution is 0.269. The van der Waals surface area contributed by atoms with Gasteiger partial charge in [-0.1, -0.05) is 6.92 Å². The molecule has 1 saturated heterocycles. The number of rotatable bonds is 6. The number of nitrogens with zero attached hydrogens (tertiary/aromatic N) is 1. The molecule has 0 bridgehead atoms. The van der Waals surface area contributed by atoms with E-state index in [1.807, 2.05) is 0 Å². The van der Waals surface area contributed by atoms with E-state index in [-0.39, 0.29) is 11.1 Å². The molecule has 1 aliphatic carbocycles. The summed E-state index contributed by atoms with van der Waals surface area (Å²) in [5.74, 6) is 2.05. The largest absolute Gasteiger partial charge is 0.313 e. The molecule has 0 radical (unpaired) electrons. The fourth-order valence-electron chi connectivity index (χ4n) is 2.09. The van der Waals surface area contributed by atoms with Gasteiger partial charge in [0.15, 0.2) is 9.84 Å². The highest BCUT2D eigenvalue weighted by molar-refractivity contribution is 8.01. The molecular weight excluding hydrogens is 256 g/mol. The second-order valence-electron chi connectivity index (χ2n) is 4.75. The second-order valence-corrected chi connectivity index (χ2v) is 8.34. The molecule has 0 aromatic carbocycles. The lowest BCUT2D eigenvalue weighted by Crippen LogP contribution is -2.49. The Morgan fingerprint density at radius 2 is 2.18 bits per heavy atom. The average molecular weight is 278 g/mol. The Hall–Kier alpha value is 0.220. The molecule has 1 unspecified atom stereocenters. The summed E-state index contributed by atoms with van der Waals surface area (Å²) < 4.78 is 24.0. The van der Waals surface area contributed by atoms with Crippen molar-refractivity contribution in [3.05, 3.63) is 0 Å². The van der Waals surface area contributed by atoms with E-state index in [0.29, 0.717) is 6.04 Å². The fourth-order valence-corrected chi connectivity index (χ4v) is 5.20. The van der Waals surface area contributed by atoms with Gasteiger partial charge in [-0.15, -0.1) is 0 Å². The summed E-state index contributed by atoms with van der Waals surface area (Å²) in [5.41, 5.74) is 0. The molecule has 1 aliphatic heterocycles. The third-order valence-electron chi connectivity index (χ3n) is 3.42. The van der Waals surface area contributed by atoms with E-state index in [2.05, 4.69) is 10.2 Å². The predicted octanol–water partition coefficient (Wildman–Crippen LogP) is 0.548. The minimum absolute atomic E-state index is 0.255. The maximum Gasteiger partial charge on any atom is 0.166 e. The molecule has 17 heavy (non-hydrogen) atoms. The molecule has 4 nitrogen and oxygen atoms in total. The van der Waals surface area contributed by atoms with Gasteiger partial charge in [-0.25, -0.2) is 8.42 Å². The van der Waals surface area contributed by atoms with Gasteiger partial charge in [0.2, 0.25) is 0 Å². The number of hydrogen-bond acceptors (Lipinski definition) is 5. The van der Waals surface area contributed by atoms with Crippen LogP contribution in [0, 0.1) is 0 Å². The second kappa shape index (κ2) is 5.91. The van der Waals surface area contributed by atoms with E-state index in [1.165, 1.54) is 12.8 Å². The van der Waals surface area contributed by atoms with Crippen molar-refractivity contribution in [2.75, 3.05) is 36.9 Å². The van der Waals surface area contributed by atoms with Crippen molar-refractivity contribution in [2.24, 2.45) is 0 Å². The summed E-state index contributed by atoms with van der Waals surface area (Å²) in [7, 11) is -2.93. The number of nitrogens with one attached hydrogen (secondary N) is 1. The molecule has 6 heteroatoms. The van der Waals surface area contributed by atoms with Crippen LogP contribution in [0.2, 0.25) is 0 Å². The molecule has 1 heterocycles. The van der Waals surface area contributed by atoms with Crippen LogP contribution in [0.3, 0.4) is 0 Å². The maximum atomic E-state index is 12.0. The van der Waals surface area contributed by atoms with Crippen LogP contribution in [0.1, 0.15) is 19.8 Å². The first-order valence-corrected chi connectivity index (χ1v) is 9.27. The Bertz CT molecular complexity index is 341. The first-order valence-electron chi connectivity index (χ1n) is 6.40. The Balaban J connectivity index is 1.86. The van der Waals surface area contributed by atoms with Crippen molar-refractivity contribution >= 4 is 21.6 Å². The lowest BCUT2D eigenvalue weighted by atomic mass is 10.4. The minimum atomic E-state index is -2.93. The zero-order chi connectivity index (χ0) is 12.3. The van der Waals surface area contributed by atoms with E-state index >= 15 is 0 Å². The molecule has 1 saturated carbocycles. The monoisotopic (exact) mass is 278 g/mol. The van der Waals surface area contributed by atoms with Gasteiger partial charge in [0.1, 0.15) is 5.37 Å². The van der Waals surface area contributed by atoms with Crippen molar-refractivity contribution in [3.8, 4) is 0 Å². The molecule has 2 aliphatic rings. The molecule has 0 aromatic rings. The van der Waals surface area contributed by atoms with Gasteiger partial charge in [0.25, 0.3) is 0 Å². The molecule has 2 rings (SSSR count). The third-order valence-corrected chi connectivity index (χ3v) is 6.75. The summed E-state index contributed by atoms with van der Waals surface area (Å²) in [5, 5.41) is 3.19. The summed E-state index contributed by atoms with van der Waals surface area (Å²) in [4.78, 5) is 2.14. The van der Waals surface area contributed by atoms with Crippen LogP contribution >= 0.6 is 11.8 Å². The molecule has 1 N–H and O–H groups in total. The molecule has 100 valence electrons. The predicted molar refractivity (Wildman–Crippen MR) is 73.2 cm³/mol. The third kappa shape index (κ3) is 3.84. The smallest absolute Gasteiger partial charge is 0.166 e. The molecule has 0 aromatic heterocycles. The highest BCUT2D eigenvalue weighted by Crippen LogP contribution is 2.21. The quantitative estimate of drug-likeness (QED) is 0.769. The van der Waals surface area contributed by atoms with Crippen molar-refractivity contribution in [1.29, 1.82) is 0 Å². The van der Waals surface area contributed by atoms with Crippen molar-refractivity contribution in [1.82, 2.24) is 10.2 Å². The number of hydrogen-bond donors (Lipinski definition) is 1.